The molecule has 0 aromatic carbocycles. The van der Waals surface area contributed by atoms with Crippen LogP contribution in [-0.4, -0.2) is 100 Å². The summed E-state index contributed by atoms with van der Waals surface area (Å²) in [5, 5.41) is 54.6. The van der Waals surface area contributed by atoms with Gasteiger partial charge < -0.3 is 45.1 Å². The summed E-state index contributed by atoms with van der Waals surface area (Å²) in [4.78, 5) is 25.1. The molecule has 0 bridgehead atoms. The zero-order valence-corrected chi connectivity index (χ0v) is 59.8. The number of hydrogen-bond acceptors (Lipinski definition) is 10. The molecule has 1 saturated heterocycles. The molecule has 0 aromatic rings. The van der Waals surface area contributed by atoms with Crippen LogP contribution in [0.3, 0.4) is 0 Å². The molecule has 0 radical (unpaired) electrons. The fourth-order valence-corrected chi connectivity index (χ4v) is 12.1. The van der Waals surface area contributed by atoms with Gasteiger partial charge in [0.1, 0.15) is 24.4 Å². The maximum atomic E-state index is 13.1. The topological polar surface area (TPSA) is 175 Å². The highest BCUT2D eigenvalue weighted by molar-refractivity contribution is 5.76. The molecule has 1 heterocycles. The van der Waals surface area contributed by atoms with Gasteiger partial charge in [-0.1, -0.05) is 324 Å². The second-order valence-corrected chi connectivity index (χ2v) is 27.0. The molecule has 0 aromatic heterocycles. The van der Waals surface area contributed by atoms with E-state index in [0.29, 0.717) is 19.4 Å². The number of amides is 1. The summed E-state index contributed by atoms with van der Waals surface area (Å²) in [7, 11) is 0. The molecule has 0 saturated carbocycles. The molecule has 7 unspecified atom stereocenters. The van der Waals surface area contributed by atoms with E-state index in [1.807, 2.05) is 6.08 Å². The van der Waals surface area contributed by atoms with Gasteiger partial charge in [-0.25, -0.2) is 0 Å². The summed E-state index contributed by atoms with van der Waals surface area (Å²) in [6.45, 7) is 4.29. The van der Waals surface area contributed by atoms with Crippen LogP contribution in [0.25, 0.3) is 0 Å². The lowest BCUT2D eigenvalue weighted by Crippen LogP contribution is -2.60. The van der Waals surface area contributed by atoms with Crippen LogP contribution >= 0.6 is 0 Å². The molecule has 92 heavy (non-hydrogen) atoms. The van der Waals surface area contributed by atoms with Gasteiger partial charge in [0.15, 0.2) is 6.29 Å². The van der Waals surface area contributed by atoms with Crippen LogP contribution in [0.1, 0.15) is 367 Å². The predicted octanol–water partition coefficient (Wildman–Crippen LogP) is 21.0. The first-order valence-electron chi connectivity index (χ1n) is 39.2. The third-order valence-electron chi connectivity index (χ3n) is 18.2. The molecule has 11 nitrogen and oxygen atoms in total. The fourth-order valence-electron chi connectivity index (χ4n) is 12.1. The number of unbranched alkanes of at least 4 members (excludes halogenated alkanes) is 45. The molecule has 1 aliphatic heterocycles. The molecule has 536 valence electrons. The van der Waals surface area contributed by atoms with Crippen molar-refractivity contribution < 1.29 is 49.3 Å². The Morgan fingerprint density at radius 3 is 1.18 bits per heavy atom. The maximum Gasteiger partial charge on any atom is 0.305 e. The highest BCUT2D eigenvalue weighted by atomic mass is 16.7. The zero-order chi connectivity index (χ0) is 66.5. The van der Waals surface area contributed by atoms with E-state index in [2.05, 4.69) is 79.9 Å². The highest BCUT2D eigenvalue weighted by Crippen LogP contribution is 2.23. The van der Waals surface area contributed by atoms with Crippen molar-refractivity contribution in [1.82, 2.24) is 5.32 Å². The molecule has 6 N–H and O–H groups in total. The van der Waals surface area contributed by atoms with Gasteiger partial charge in [-0.2, -0.15) is 0 Å². The minimum absolute atomic E-state index is 0.00321. The van der Waals surface area contributed by atoms with Gasteiger partial charge in [0.05, 0.1) is 32.0 Å². The van der Waals surface area contributed by atoms with Crippen molar-refractivity contribution in [2.75, 3.05) is 19.8 Å². The van der Waals surface area contributed by atoms with Crippen molar-refractivity contribution in [3.05, 3.63) is 72.9 Å². The SMILES string of the molecule is CCC/C=C\C/C=C\CCCCCCCC(=O)OCCCCCCCCCCCCCCC/C=C\C/C=C\CCCCCCCCCCCCCCCCCCCC(=O)NC(COC1OC(CO)C(O)C(O)C1O)C(O)/C=C/CC/C=C/CCCCCCCCCC. The summed E-state index contributed by atoms with van der Waals surface area (Å²) in [5.74, 6) is -0.191. The largest absolute Gasteiger partial charge is 0.466 e. The molecule has 7 atom stereocenters. The summed E-state index contributed by atoms with van der Waals surface area (Å²) in [5.41, 5.74) is 0. The van der Waals surface area contributed by atoms with Crippen molar-refractivity contribution in [2.24, 2.45) is 0 Å². The van der Waals surface area contributed by atoms with Crippen LogP contribution in [0.2, 0.25) is 0 Å². The molecule has 1 fully saturated rings. The van der Waals surface area contributed by atoms with Crippen LogP contribution < -0.4 is 5.32 Å². The van der Waals surface area contributed by atoms with Crippen LogP contribution in [0.4, 0.5) is 0 Å². The van der Waals surface area contributed by atoms with Gasteiger partial charge in [-0.3, -0.25) is 9.59 Å². The van der Waals surface area contributed by atoms with E-state index in [4.69, 9.17) is 14.2 Å². The first kappa shape index (κ1) is 87.1. The average molecular weight is 1300 g/mol. The average Bonchev–Trinajstić information content (AvgIpc) is 1.10. The summed E-state index contributed by atoms with van der Waals surface area (Å²) >= 11 is 0. The number of carbonyl (C=O) groups is 2. The van der Waals surface area contributed by atoms with Crippen LogP contribution in [0.15, 0.2) is 72.9 Å². The first-order chi connectivity index (χ1) is 45.2. The third-order valence-corrected chi connectivity index (χ3v) is 18.2. The number of ether oxygens (including phenoxy) is 3. The lowest BCUT2D eigenvalue weighted by molar-refractivity contribution is -0.302. The fraction of sp³-hybridized carbons (Fsp3) is 0.827. The van der Waals surface area contributed by atoms with Crippen LogP contribution in [0.5, 0.6) is 0 Å². The van der Waals surface area contributed by atoms with E-state index in [1.54, 1.807) is 6.08 Å². The molecular formula is C81H147NO10. The molecule has 0 aliphatic carbocycles. The minimum Gasteiger partial charge on any atom is -0.466 e. The maximum absolute atomic E-state index is 13.1. The number of nitrogens with one attached hydrogen (secondary N) is 1. The van der Waals surface area contributed by atoms with Crippen molar-refractivity contribution >= 4 is 11.9 Å². The zero-order valence-electron chi connectivity index (χ0n) is 59.8. The van der Waals surface area contributed by atoms with E-state index in [0.717, 1.165) is 70.6 Å². The molecule has 1 amide bonds. The Bertz CT molecular complexity index is 1760. The van der Waals surface area contributed by atoms with Crippen LogP contribution in [-0.2, 0) is 23.8 Å². The predicted molar refractivity (Wildman–Crippen MR) is 389 cm³/mol. The van der Waals surface area contributed by atoms with Gasteiger partial charge in [0.2, 0.25) is 5.91 Å². The van der Waals surface area contributed by atoms with Gasteiger partial charge in [-0.15, -0.1) is 0 Å². The van der Waals surface area contributed by atoms with E-state index in [-0.39, 0.29) is 18.5 Å². The van der Waals surface area contributed by atoms with Gasteiger partial charge in [-0.05, 0) is 103 Å². The molecule has 1 aliphatic rings. The molecule has 1 rings (SSSR count). The second kappa shape index (κ2) is 69.5. The molecular weight excluding hydrogens is 1150 g/mol. The van der Waals surface area contributed by atoms with Crippen molar-refractivity contribution in [3.63, 3.8) is 0 Å². The highest BCUT2D eigenvalue weighted by Gasteiger charge is 2.44. The number of aliphatic hydroxyl groups is 5. The molecule has 11 heteroatoms. The first-order valence-corrected chi connectivity index (χ1v) is 39.2. The lowest BCUT2D eigenvalue weighted by Gasteiger charge is -2.40. The number of aliphatic hydroxyl groups excluding tert-OH is 5. The third kappa shape index (κ3) is 57.4. The number of hydrogen-bond donors (Lipinski definition) is 6. The van der Waals surface area contributed by atoms with Crippen molar-refractivity contribution in [3.8, 4) is 0 Å². The monoisotopic (exact) mass is 1290 g/mol. The van der Waals surface area contributed by atoms with Gasteiger partial charge >= 0.3 is 5.97 Å². The summed E-state index contributed by atoms with van der Waals surface area (Å²) in [6, 6.07) is -0.827. The Labute approximate surface area is 566 Å². The number of carbonyl (C=O) groups excluding carboxylic acids is 2. The Morgan fingerprint density at radius 2 is 0.761 bits per heavy atom. The molecule has 0 spiro atoms. The standard InChI is InChI=1S/C81H147NO10/c1-3-5-7-9-11-13-15-17-44-47-51-55-59-63-67-74(84)73(72-91-81-80(89)79(88)78(87)75(71-83)92-81)82-76(85)68-64-60-56-52-48-45-41-39-37-35-33-31-29-27-25-23-21-19-18-20-22-24-26-28-30-32-34-36-38-40-42-46-50-54-58-62-66-70-90-77(86)69-65-61-57-53-49-43-16-14-12-10-8-6-4-2/h8,10,14,16,18,20,24,26,47,51,63,67,73-75,78-81,83-84,87-89H,3-7,9,11-13,15,17,19,21-23,25,27-46,48-50,52-62,64-66,68-72H2,1-2H3,(H,82,85)/b10-8-,16-14-,20-18-,26-24-,51-47+,67-63+. The number of rotatable bonds is 69. The van der Waals surface area contributed by atoms with E-state index >= 15 is 0 Å². The normalized spacial score (nSPS) is 17.9. The number of allylic oxidation sites excluding steroid dienone is 11. The Balaban J connectivity index is 1.94. The second-order valence-electron chi connectivity index (χ2n) is 27.0. The summed E-state index contributed by atoms with van der Waals surface area (Å²) in [6.07, 6.45) is 85.0. The van der Waals surface area contributed by atoms with E-state index in [9.17, 15) is 35.1 Å². The summed E-state index contributed by atoms with van der Waals surface area (Å²) < 4.78 is 16.7. The smallest absolute Gasteiger partial charge is 0.305 e. The van der Waals surface area contributed by atoms with Crippen LogP contribution in [0, 0.1) is 0 Å². The Kier molecular flexibility index (Phi) is 65.8. The van der Waals surface area contributed by atoms with E-state index in [1.165, 1.54) is 270 Å². The Morgan fingerprint density at radius 1 is 0.402 bits per heavy atom. The minimum atomic E-state index is -1.58. The van der Waals surface area contributed by atoms with E-state index < -0.39 is 49.5 Å². The number of esters is 1. The van der Waals surface area contributed by atoms with Crippen molar-refractivity contribution in [1.29, 1.82) is 0 Å². The quantitative estimate of drug-likeness (QED) is 0.0195. The van der Waals surface area contributed by atoms with Gasteiger partial charge in [0.25, 0.3) is 0 Å². The van der Waals surface area contributed by atoms with Crippen molar-refractivity contribution in [2.45, 2.75) is 410 Å². The van der Waals surface area contributed by atoms with Gasteiger partial charge in [0, 0.05) is 12.8 Å². The lowest BCUT2D eigenvalue weighted by atomic mass is 9.99. The Hall–Kier alpha value is -2.90.